The number of carbonyl (C=O) groups is 5. The van der Waals surface area contributed by atoms with Crippen molar-refractivity contribution in [1.29, 1.82) is 0 Å². The van der Waals surface area contributed by atoms with Crippen LogP contribution in [0.25, 0.3) is 6.08 Å². The first-order valence-corrected chi connectivity index (χ1v) is 19.4. The second-order valence-electron chi connectivity index (χ2n) is 14.8. The van der Waals surface area contributed by atoms with Crippen molar-refractivity contribution in [3.8, 4) is 0 Å². The molecule has 4 N–H and O–H groups in total. The van der Waals surface area contributed by atoms with E-state index in [4.69, 9.17) is 4.74 Å². The molecule has 1 unspecified atom stereocenters. The summed E-state index contributed by atoms with van der Waals surface area (Å²) in [5.41, 5.74) is 1.24. The Labute approximate surface area is 301 Å². The molecule has 0 spiro atoms. The van der Waals surface area contributed by atoms with Crippen molar-refractivity contribution in [3.63, 3.8) is 0 Å². The number of fused-ring (bicyclic) bond motifs is 3. The average Bonchev–Trinajstić information content (AvgIpc) is 3.86. The highest BCUT2D eigenvalue weighted by atomic mass is 32.2. The van der Waals surface area contributed by atoms with Gasteiger partial charge in [-0.25, -0.2) is 13.2 Å². The van der Waals surface area contributed by atoms with Gasteiger partial charge in [-0.05, 0) is 67.9 Å². The summed E-state index contributed by atoms with van der Waals surface area (Å²) in [4.78, 5) is 69.1. The number of carbonyl (C=O) groups excluding carboxylic acids is 5. The van der Waals surface area contributed by atoms with Crippen molar-refractivity contribution >= 4 is 45.8 Å². The van der Waals surface area contributed by atoms with Gasteiger partial charge in [0.05, 0.1) is 11.9 Å². The van der Waals surface area contributed by atoms with Crippen molar-refractivity contribution in [2.24, 2.45) is 11.3 Å². The molecule has 2 heterocycles. The van der Waals surface area contributed by atoms with E-state index in [1.165, 1.54) is 11.0 Å². The lowest BCUT2D eigenvalue weighted by molar-refractivity contribution is -0.142. The summed E-state index contributed by atoms with van der Waals surface area (Å²) in [6.45, 7) is 10.8. The van der Waals surface area contributed by atoms with Crippen LogP contribution >= 0.6 is 0 Å². The van der Waals surface area contributed by atoms with Crippen molar-refractivity contribution < 1.29 is 37.1 Å². The number of nitrogens with one attached hydrogen (secondary N) is 4. The van der Waals surface area contributed by atoms with Gasteiger partial charge in [-0.2, -0.15) is 0 Å². The molecular formula is C37H53N5O8S. The molecular weight excluding hydrogens is 675 g/mol. The van der Waals surface area contributed by atoms with Gasteiger partial charge in [-0.1, -0.05) is 70.2 Å². The molecule has 1 saturated carbocycles. The van der Waals surface area contributed by atoms with Gasteiger partial charge in [-0.15, -0.1) is 6.58 Å². The number of cyclic esters (lactones) is 1. The van der Waals surface area contributed by atoms with Crippen molar-refractivity contribution in [3.05, 3.63) is 54.1 Å². The maximum Gasteiger partial charge on any atom is 0.407 e. The summed E-state index contributed by atoms with van der Waals surface area (Å²) >= 11 is 0. The topological polar surface area (TPSA) is 180 Å². The van der Waals surface area contributed by atoms with Gasteiger partial charge in [0.2, 0.25) is 27.7 Å². The number of hydrogen-bond acceptors (Lipinski definition) is 8. The summed E-state index contributed by atoms with van der Waals surface area (Å²) in [7, 11) is -3.90. The third-order valence-corrected chi connectivity index (χ3v) is 11.4. The first-order chi connectivity index (χ1) is 24.1. The Morgan fingerprint density at radius 2 is 1.78 bits per heavy atom. The van der Waals surface area contributed by atoms with Crippen LogP contribution in [0, 0.1) is 11.3 Å². The number of aryl methyl sites for hydroxylation is 1. The first-order valence-electron chi connectivity index (χ1n) is 17.9. The lowest BCUT2D eigenvalue weighted by Gasteiger charge is -2.35. The zero-order valence-corrected chi connectivity index (χ0v) is 30.9. The number of allylic oxidation sites excluding steroid dienone is 1. The molecule has 1 aliphatic carbocycles. The van der Waals surface area contributed by atoms with Crippen LogP contribution in [0.15, 0.2) is 43.0 Å². The van der Waals surface area contributed by atoms with E-state index in [2.05, 4.69) is 39.4 Å². The van der Waals surface area contributed by atoms with E-state index < -0.39 is 74.6 Å². The molecule has 1 aromatic carbocycles. The third-order valence-electron chi connectivity index (χ3n) is 9.53. The van der Waals surface area contributed by atoms with E-state index in [1.807, 2.05) is 24.3 Å². The van der Waals surface area contributed by atoms with Gasteiger partial charge in [0, 0.05) is 24.9 Å². The third kappa shape index (κ3) is 11.1. The van der Waals surface area contributed by atoms with Crippen molar-refractivity contribution in [2.45, 2.75) is 115 Å². The Morgan fingerprint density at radius 1 is 1.06 bits per heavy atom. The molecule has 0 aromatic heterocycles. The SMILES string of the molecule is C=C[C@H](C)C(NC(=O)[C@@H]1C[C@@H]2CN1C(=O)[C@H](C(C)(C)C)NC(=O)OCCCCC/C=C/c1ccccc1CCC(=O)N2)C(=O)NS(=O)(=O)C1CC1. The fourth-order valence-corrected chi connectivity index (χ4v) is 7.61. The Hall–Kier alpha value is -4.20. The van der Waals surface area contributed by atoms with E-state index in [0.717, 1.165) is 30.4 Å². The summed E-state index contributed by atoms with van der Waals surface area (Å²) < 4.78 is 32.7. The molecule has 2 bridgehead atoms. The number of rotatable bonds is 7. The lowest BCUT2D eigenvalue weighted by atomic mass is 9.85. The molecule has 1 saturated heterocycles. The van der Waals surface area contributed by atoms with E-state index in [1.54, 1.807) is 27.7 Å². The molecule has 280 valence electrons. The molecule has 13 nitrogen and oxygen atoms in total. The summed E-state index contributed by atoms with van der Waals surface area (Å²) in [6.07, 6.45) is 9.65. The van der Waals surface area contributed by atoms with Crippen LogP contribution < -0.4 is 20.7 Å². The second-order valence-corrected chi connectivity index (χ2v) is 16.8. The predicted octanol–water partition coefficient (Wildman–Crippen LogP) is 3.35. The molecule has 5 amide bonds. The smallest absolute Gasteiger partial charge is 0.407 e. The van der Waals surface area contributed by atoms with Crippen LogP contribution in [-0.4, -0.2) is 85.6 Å². The van der Waals surface area contributed by atoms with Gasteiger partial charge >= 0.3 is 6.09 Å². The molecule has 0 radical (unpaired) electrons. The molecule has 2 aliphatic heterocycles. The zero-order chi connectivity index (χ0) is 37.3. The van der Waals surface area contributed by atoms with Gasteiger partial charge < -0.3 is 25.6 Å². The molecule has 51 heavy (non-hydrogen) atoms. The lowest BCUT2D eigenvalue weighted by Crippen LogP contribution is -2.60. The highest BCUT2D eigenvalue weighted by Crippen LogP contribution is 2.29. The largest absolute Gasteiger partial charge is 0.450 e. The first kappa shape index (κ1) is 39.6. The molecule has 4 rings (SSSR count). The second kappa shape index (κ2) is 17.3. The van der Waals surface area contributed by atoms with Crippen LogP contribution in [0.3, 0.4) is 0 Å². The summed E-state index contributed by atoms with van der Waals surface area (Å²) in [6, 6.07) is 3.70. The quantitative estimate of drug-likeness (QED) is 0.309. The standard InChI is InChI=1S/C37H53N5O8S/c1-6-24(2)31(34(45)41-51(48,49)28-18-19-28)39-33(44)29-22-27-23-42(29)35(46)32(37(3,4)5)40-36(47)50-21-13-9-7-8-10-14-25-15-11-12-16-26(25)17-20-30(43)38-27/h6,10-12,14-16,24,27-29,31-32H,1,7-9,13,17-23H2,2-5H3,(H,38,43)(H,39,44)(H,40,47)(H,41,45)/b14-10+/t24-,27+,29-,31?,32+/m0/s1. The van der Waals surface area contributed by atoms with Crippen molar-refractivity contribution in [2.75, 3.05) is 13.2 Å². The normalized spacial score (nSPS) is 24.7. The van der Waals surface area contributed by atoms with E-state index in [0.29, 0.717) is 25.7 Å². The van der Waals surface area contributed by atoms with Gasteiger partial charge in [0.1, 0.15) is 18.1 Å². The summed E-state index contributed by atoms with van der Waals surface area (Å²) in [5, 5.41) is 7.69. The van der Waals surface area contributed by atoms with E-state index in [9.17, 15) is 32.4 Å². The maximum atomic E-state index is 14.3. The Bertz CT molecular complexity index is 1600. The fraction of sp³-hybridized carbons (Fsp3) is 0.595. The molecule has 3 aliphatic rings. The highest BCUT2D eigenvalue weighted by molar-refractivity contribution is 7.90. The number of sulfonamides is 1. The van der Waals surface area contributed by atoms with Crippen LogP contribution in [0.5, 0.6) is 0 Å². The van der Waals surface area contributed by atoms with Crippen molar-refractivity contribution in [1.82, 2.24) is 25.6 Å². The number of ether oxygens (including phenoxy) is 1. The number of nitrogens with zero attached hydrogens (tertiary/aromatic N) is 1. The van der Waals surface area contributed by atoms with Crippen LogP contribution in [0.4, 0.5) is 4.79 Å². The van der Waals surface area contributed by atoms with Crippen LogP contribution in [0.1, 0.15) is 90.2 Å². The molecule has 2 fully saturated rings. The molecule has 5 atom stereocenters. The predicted molar refractivity (Wildman–Crippen MR) is 193 cm³/mol. The number of amides is 5. The van der Waals surface area contributed by atoms with Gasteiger partial charge in [0.15, 0.2) is 0 Å². The summed E-state index contributed by atoms with van der Waals surface area (Å²) in [5.74, 6) is -3.09. The monoisotopic (exact) mass is 727 g/mol. The number of alkyl carbamates (subject to hydrolysis) is 1. The minimum atomic E-state index is -3.90. The number of hydrogen-bond donors (Lipinski definition) is 4. The van der Waals surface area contributed by atoms with Gasteiger partial charge in [-0.3, -0.25) is 23.9 Å². The minimum Gasteiger partial charge on any atom is -0.450 e. The van der Waals surface area contributed by atoms with E-state index >= 15 is 0 Å². The Morgan fingerprint density at radius 3 is 2.47 bits per heavy atom. The minimum absolute atomic E-state index is 0.0289. The molecule has 14 heteroatoms. The maximum absolute atomic E-state index is 14.3. The van der Waals surface area contributed by atoms with Crippen LogP contribution in [0.2, 0.25) is 0 Å². The van der Waals surface area contributed by atoms with Gasteiger partial charge in [0.25, 0.3) is 5.91 Å². The fourth-order valence-electron chi connectivity index (χ4n) is 6.28. The zero-order valence-electron chi connectivity index (χ0n) is 30.1. The Balaban J connectivity index is 1.60. The van der Waals surface area contributed by atoms with Crippen LogP contribution in [-0.2, 0) is 40.4 Å². The Kier molecular flexibility index (Phi) is 13.5. The average molecular weight is 728 g/mol. The number of benzene rings is 1. The highest BCUT2D eigenvalue weighted by Gasteiger charge is 2.46. The molecule has 1 aromatic rings. The van der Waals surface area contributed by atoms with E-state index in [-0.39, 0.29) is 31.9 Å².